The van der Waals surface area contributed by atoms with Gasteiger partial charge in [0.2, 0.25) is 5.89 Å². The van der Waals surface area contributed by atoms with E-state index in [4.69, 9.17) is 9.15 Å². The Morgan fingerprint density at radius 3 is 2.75 bits per heavy atom. The molecule has 0 amide bonds. The van der Waals surface area contributed by atoms with Gasteiger partial charge in [0.15, 0.2) is 0 Å². The molecule has 1 heterocycles. The summed E-state index contributed by atoms with van der Waals surface area (Å²) < 4.78 is 24.1. The van der Waals surface area contributed by atoms with Gasteiger partial charge in [0.25, 0.3) is 0 Å². The van der Waals surface area contributed by atoms with E-state index in [0.717, 1.165) is 4.68 Å². The zero-order valence-electron chi connectivity index (χ0n) is 12.8. The largest absolute Gasteiger partial charge is 0.497 e. The number of halogens is 1. The van der Waals surface area contributed by atoms with Crippen LogP contribution in [0.3, 0.4) is 0 Å². The van der Waals surface area contributed by atoms with Crippen LogP contribution in [0.25, 0.3) is 11.5 Å². The minimum absolute atomic E-state index is 0.0674. The minimum atomic E-state index is -0.955. The van der Waals surface area contributed by atoms with Gasteiger partial charge < -0.3 is 14.3 Å². The van der Waals surface area contributed by atoms with E-state index in [0.29, 0.717) is 16.9 Å². The van der Waals surface area contributed by atoms with Crippen LogP contribution in [0.2, 0.25) is 0 Å². The molecule has 1 aromatic heterocycles. The number of aliphatic hydroxyl groups excluding tert-OH is 1. The Morgan fingerprint density at radius 2 is 2.04 bits per heavy atom. The van der Waals surface area contributed by atoms with Crippen molar-refractivity contribution in [1.82, 2.24) is 9.78 Å². The lowest BCUT2D eigenvalue weighted by Crippen LogP contribution is -2.20. The third-order valence-electron chi connectivity index (χ3n) is 3.52. The highest BCUT2D eigenvalue weighted by Crippen LogP contribution is 2.21. The fourth-order valence-electron chi connectivity index (χ4n) is 2.25. The highest BCUT2D eigenvalue weighted by atomic mass is 19.1. The quantitative estimate of drug-likeness (QED) is 0.777. The summed E-state index contributed by atoms with van der Waals surface area (Å²) >= 11 is 0. The van der Waals surface area contributed by atoms with Crippen LogP contribution >= 0.6 is 0 Å². The van der Waals surface area contributed by atoms with E-state index in [2.05, 4.69) is 5.10 Å². The molecule has 3 aromatic rings. The summed E-state index contributed by atoms with van der Waals surface area (Å²) in [6.07, 6.45) is -0.955. The molecule has 0 saturated carbocycles. The van der Waals surface area contributed by atoms with Crippen LogP contribution in [0.1, 0.15) is 11.7 Å². The van der Waals surface area contributed by atoms with Crippen molar-refractivity contribution >= 4 is 0 Å². The Labute approximate surface area is 136 Å². The Morgan fingerprint density at radius 1 is 1.29 bits per heavy atom. The van der Waals surface area contributed by atoms with Gasteiger partial charge in [-0.05, 0) is 42.0 Å². The number of rotatable bonds is 5. The lowest BCUT2D eigenvalue weighted by molar-refractivity contribution is 0.148. The summed E-state index contributed by atoms with van der Waals surface area (Å²) in [7, 11) is 1.53. The lowest BCUT2D eigenvalue weighted by atomic mass is 10.1. The summed E-state index contributed by atoms with van der Waals surface area (Å²) in [5.41, 5.74) is 1.07. The number of aromatic nitrogens is 2. The van der Waals surface area contributed by atoms with Crippen LogP contribution in [0, 0.1) is 5.82 Å². The first-order valence-electron chi connectivity index (χ1n) is 7.23. The van der Waals surface area contributed by atoms with Gasteiger partial charge in [-0.3, -0.25) is 0 Å². The van der Waals surface area contributed by atoms with Crippen molar-refractivity contribution in [3.05, 3.63) is 70.5 Å². The van der Waals surface area contributed by atoms with E-state index in [9.17, 15) is 14.3 Å². The molecule has 0 saturated heterocycles. The number of hydrogen-bond acceptors (Lipinski definition) is 5. The maximum atomic E-state index is 12.9. The van der Waals surface area contributed by atoms with E-state index in [-0.39, 0.29) is 12.4 Å². The van der Waals surface area contributed by atoms with E-state index in [1.165, 1.54) is 31.4 Å². The van der Waals surface area contributed by atoms with E-state index in [1.54, 1.807) is 24.3 Å². The van der Waals surface area contributed by atoms with Gasteiger partial charge in [-0.15, -0.1) is 5.10 Å². The normalized spacial score (nSPS) is 12.1. The second kappa shape index (κ2) is 6.67. The van der Waals surface area contributed by atoms with Gasteiger partial charge in [0.1, 0.15) is 11.6 Å². The molecule has 0 spiro atoms. The third-order valence-corrected chi connectivity index (χ3v) is 3.52. The summed E-state index contributed by atoms with van der Waals surface area (Å²) in [4.78, 5) is 11.9. The van der Waals surface area contributed by atoms with Crippen molar-refractivity contribution in [1.29, 1.82) is 0 Å². The maximum absolute atomic E-state index is 12.9. The molecular weight excluding hydrogens is 315 g/mol. The number of hydrogen-bond donors (Lipinski definition) is 1. The van der Waals surface area contributed by atoms with Crippen molar-refractivity contribution in [3.63, 3.8) is 0 Å². The topological polar surface area (TPSA) is 77.5 Å². The number of aliphatic hydroxyl groups is 1. The predicted molar refractivity (Wildman–Crippen MR) is 84.1 cm³/mol. The molecule has 3 rings (SSSR count). The molecule has 1 N–H and O–H groups in total. The van der Waals surface area contributed by atoms with Gasteiger partial charge in [-0.2, -0.15) is 4.68 Å². The highest BCUT2D eigenvalue weighted by Gasteiger charge is 2.15. The summed E-state index contributed by atoms with van der Waals surface area (Å²) in [6.45, 7) is -0.0727. The molecule has 0 aliphatic carbocycles. The molecule has 0 aliphatic heterocycles. The average molecular weight is 330 g/mol. The molecule has 0 radical (unpaired) electrons. The standard InChI is InChI=1S/C17H15FN2O4/c1-23-14-4-2-3-12(9-14)15(21)10-20-17(22)24-16(19-20)11-5-7-13(18)8-6-11/h2-9,15,21H,10H2,1H3. The fraction of sp³-hybridized carbons (Fsp3) is 0.176. The summed E-state index contributed by atoms with van der Waals surface area (Å²) in [6, 6.07) is 12.3. The second-order valence-electron chi connectivity index (χ2n) is 5.15. The Kier molecular flexibility index (Phi) is 4.43. The van der Waals surface area contributed by atoms with E-state index in [1.807, 2.05) is 0 Å². The first-order chi connectivity index (χ1) is 11.6. The molecule has 124 valence electrons. The van der Waals surface area contributed by atoms with Gasteiger partial charge in [-0.1, -0.05) is 12.1 Å². The van der Waals surface area contributed by atoms with Gasteiger partial charge in [0, 0.05) is 5.56 Å². The first-order valence-corrected chi connectivity index (χ1v) is 7.23. The number of nitrogens with zero attached hydrogens (tertiary/aromatic N) is 2. The second-order valence-corrected chi connectivity index (χ2v) is 5.15. The van der Waals surface area contributed by atoms with Gasteiger partial charge in [0.05, 0.1) is 19.8 Å². The van der Waals surface area contributed by atoms with E-state index < -0.39 is 17.7 Å². The van der Waals surface area contributed by atoms with Crippen molar-refractivity contribution in [2.75, 3.05) is 7.11 Å². The number of methoxy groups -OCH3 is 1. The Hall–Kier alpha value is -2.93. The number of ether oxygens (including phenoxy) is 1. The molecule has 6 nitrogen and oxygen atoms in total. The van der Waals surface area contributed by atoms with Crippen LogP contribution < -0.4 is 10.5 Å². The Bertz CT molecular complexity index is 886. The van der Waals surface area contributed by atoms with Crippen molar-refractivity contribution in [2.45, 2.75) is 12.6 Å². The zero-order valence-corrected chi connectivity index (χ0v) is 12.8. The molecule has 7 heteroatoms. The third kappa shape index (κ3) is 3.36. The monoisotopic (exact) mass is 330 g/mol. The maximum Gasteiger partial charge on any atom is 0.437 e. The molecule has 1 unspecified atom stereocenters. The molecule has 0 fully saturated rings. The van der Waals surface area contributed by atoms with Crippen LogP contribution in [-0.4, -0.2) is 22.0 Å². The van der Waals surface area contributed by atoms with E-state index >= 15 is 0 Å². The Balaban J connectivity index is 1.82. The smallest absolute Gasteiger partial charge is 0.437 e. The zero-order chi connectivity index (χ0) is 17.1. The van der Waals surface area contributed by atoms with Gasteiger partial charge >= 0.3 is 5.76 Å². The van der Waals surface area contributed by atoms with Crippen molar-refractivity contribution < 1.29 is 18.7 Å². The molecule has 1 atom stereocenters. The lowest BCUT2D eigenvalue weighted by Gasteiger charge is -2.11. The van der Waals surface area contributed by atoms with Crippen LogP contribution in [0.15, 0.2) is 57.7 Å². The highest BCUT2D eigenvalue weighted by molar-refractivity contribution is 5.51. The van der Waals surface area contributed by atoms with Gasteiger partial charge in [-0.25, -0.2) is 9.18 Å². The van der Waals surface area contributed by atoms with Crippen LogP contribution in [-0.2, 0) is 6.54 Å². The summed E-state index contributed by atoms with van der Waals surface area (Å²) in [5, 5.41) is 14.3. The van der Waals surface area contributed by atoms with Crippen molar-refractivity contribution in [2.24, 2.45) is 0 Å². The number of benzene rings is 2. The fourth-order valence-corrected chi connectivity index (χ4v) is 2.25. The first kappa shape index (κ1) is 15.9. The minimum Gasteiger partial charge on any atom is -0.497 e. The SMILES string of the molecule is COc1cccc(C(O)Cn2nc(-c3ccc(F)cc3)oc2=O)c1. The molecule has 2 aromatic carbocycles. The molecule has 0 aliphatic rings. The molecular formula is C17H15FN2O4. The predicted octanol–water partition coefficient (Wildman–Crippen LogP) is 2.38. The average Bonchev–Trinajstić information content (AvgIpc) is 2.96. The summed E-state index contributed by atoms with van der Waals surface area (Å²) in [5.74, 6) is -0.422. The van der Waals surface area contributed by atoms with Crippen LogP contribution in [0.5, 0.6) is 5.75 Å². The molecule has 24 heavy (non-hydrogen) atoms. The molecule has 0 bridgehead atoms. The van der Waals surface area contributed by atoms with Crippen molar-refractivity contribution in [3.8, 4) is 17.2 Å². The van der Waals surface area contributed by atoms with Crippen LogP contribution in [0.4, 0.5) is 4.39 Å².